The lowest BCUT2D eigenvalue weighted by molar-refractivity contribution is -0.137. The molecule has 0 saturated carbocycles. The fourth-order valence-electron chi connectivity index (χ4n) is 0.702. The first-order valence-electron chi connectivity index (χ1n) is 4.21. The van der Waals surface area contributed by atoms with Gasteiger partial charge in [-0.2, -0.15) is 0 Å². The Hall–Kier alpha value is -0.693. The predicted molar refractivity (Wildman–Crippen MR) is 52.9 cm³/mol. The van der Waals surface area contributed by atoms with Crippen LogP contribution < -0.4 is 0 Å². The largest absolute Gasteiger partial charge is 0.483 e. The van der Waals surface area contributed by atoms with Crippen molar-refractivity contribution in [1.82, 2.24) is 0 Å². The van der Waals surface area contributed by atoms with E-state index in [2.05, 4.69) is 6.58 Å². The molecule has 0 atom stereocenters. The van der Waals surface area contributed by atoms with Crippen LogP contribution >= 0.6 is 0 Å². The van der Waals surface area contributed by atoms with Gasteiger partial charge in [-0.3, -0.25) is 0 Å². The Balaban J connectivity index is 3.28. The van der Waals surface area contributed by atoms with Crippen LogP contribution in [0.15, 0.2) is 12.7 Å². The third-order valence-electron chi connectivity index (χ3n) is 1.34. The zero-order valence-electron chi connectivity index (χ0n) is 8.52. The molecule has 0 fully saturated rings. The Labute approximate surface area is 85.6 Å². The van der Waals surface area contributed by atoms with Crippen LogP contribution in [0.5, 0.6) is 0 Å². The molecule has 82 valence electrons. The van der Waals surface area contributed by atoms with Crippen molar-refractivity contribution in [3.05, 3.63) is 12.7 Å². The Bertz CT molecular complexity index is 169. The van der Waals surface area contributed by atoms with Crippen molar-refractivity contribution in [2.75, 3.05) is 27.4 Å². The molecular formula is C8H16O5Si. The molecular weight excluding hydrogens is 204 g/mol. The van der Waals surface area contributed by atoms with Gasteiger partial charge in [-0.15, -0.1) is 0 Å². The molecule has 14 heavy (non-hydrogen) atoms. The summed E-state index contributed by atoms with van der Waals surface area (Å²) >= 11 is 0. The van der Waals surface area contributed by atoms with Crippen molar-refractivity contribution < 1.29 is 22.8 Å². The summed E-state index contributed by atoms with van der Waals surface area (Å²) in [4.78, 5) is 10.6. The van der Waals surface area contributed by atoms with E-state index < -0.39 is 15.5 Å². The average Bonchev–Trinajstić information content (AvgIpc) is 2.23. The topological polar surface area (TPSA) is 54.0 Å². The van der Waals surface area contributed by atoms with Gasteiger partial charge in [-0.1, -0.05) is 6.58 Å². The van der Waals surface area contributed by atoms with E-state index in [9.17, 15) is 4.79 Å². The van der Waals surface area contributed by atoms with Gasteiger partial charge in [0.2, 0.25) is 0 Å². The summed E-state index contributed by atoms with van der Waals surface area (Å²) in [5.74, 6) is -0.419. The highest BCUT2D eigenvalue weighted by Crippen LogP contribution is 1.91. The molecule has 0 radical (unpaired) electrons. The molecule has 0 amide bonds. The minimum absolute atomic E-state index is 0.319. The van der Waals surface area contributed by atoms with E-state index in [0.717, 1.165) is 6.08 Å². The Morgan fingerprint density at radius 1 is 1.36 bits per heavy atom. The highest BCUT2D eigenvalue weighted by atomic mass is 28.3. The van der Waals surface area contributed by atoms with Gasteiger partial charge in [0.1, 0.15) is 0 Å². The second kappa shape index (κ2) is 8.89. The van der Waals surface area contributed by atoms with E-state index in [1.165, 1.54) is 14.2 Å². The minimum Gasteiger partial charge on any atom is -0.462 e. The maximum atomic E-state index is 10.6. The van der Waals surface area contributed by atoms with Crippen molar-refractivity contribution in [1.29, 1.82) is 0 Å². The Kier molecular flexibility index (Phi) is 8.45. The SMILES string of the molecule is C=CC(=O)OCCCO[SiH](OC)OC. The molecule has 0 aliphatic heterocycles. The molecule has 5 nitrogen and oxygen atoms in total. The zero-order chi connectivity index (χ0) is 10.8. The van der Waals surface area contributed by atoms with Gasteiger partial charge in [-0.25, -0.2) is 4.79 Å². The molecule has 0 heterocycles. The number of hydrogen-bond acceptors (Lipinski definition) is 5. The van der Waals surface area contributed by atoms with Crippen molar-refractivity contribution >= 4 is 15.5 Å². The standard InChI is InChI=1S/C8H16O5Si/c1-4-8(9)12-6-5-7-13-14(10-2)11-3/h4,14H,1,5-7H2,2-3H3. The van der Waals surface area contributed by atoms with Crippen molar-refractivity contribution in [2.45, 2.75) is 6.42 Å². The highest BCUT2D eigenvalue weighted by Gasteiger charge is 2.09. The first-order chi connectivity index (χ1) is 6.74. The van der Waals surface area contributed by atoms with Gasteiger partial charge in [0, 0.05) is 33.3 Å². The number of carbonyl (C=O) groups excluding carboxylic acids is 1. The quantitative estimate of drug-likeness (QED) is 0.252. The van der Waals surface area contributed by atoms with E-state index >= 15 is 0 Å². The van der Waals surface area contributed by atoms with Crippen LogP contribution in [-0.4, -0.2) is 42.9 Å². The average molecular weight is 220 g/mol. The van der Waals surface area contributed by atoms with Crippen LogP contribution in [0.2, 0.25) is 0 Å². The monoisotopic (exact) mass is 220 g/mol. The van der Waals surface area contributed by atoms with Gasteiger partial charge in [0.15, 0.2) is 0 Å². The van der Waals surface area contributed by atoms with Crippen LogP contribution in [0.25, 0.3) is 0 Å². The first kappa shape index (κ1) is 13.3. The highest BCUT2D eigenvalue weighted by molar-refractivity contribution is 6.36. The molecule has 0 aliphatic rings. The van der Waals surface area contributed by atoms with E-state index in [-0.39, 0.29) is 0 Å². The first-order valence-corrected chi connectivity index (χ1v) is 5.62. The Morgan fingerprint density at radius 3 is 2.50 bits per heavy atom. The fourth-order valence-corrected chi connectivity index (χ4v) is 1.53. The summed E-state index contributed by atoms with van der Waals surface area (Å²) in [7, 11) is 1.15. The van der Waals surface area contributed by atoms with E-state index in [1.54, 1.807) is 0 Å². The second-order valence-corrected chi connectivity index (χ2v) is 4.21. The van der Waals surface area contributed by atoms with Crippen molar-refractivity contribution in [2.24, 2.45) is 0 Å². The van der Waals surface area contributed by atoms with Gasteiger partial charge in [0.25, 0.3) is 0 Å². The smallest absolute Gasteiger partial charge is 0.462 e. The third-order valence-corrected chi connectivity index (χ3v) is 2.62. The number of rotatable bonds is 8. The Morgan fingerprint density at radius 2 is 2.00 bits per heavy atom. The van der Waals surface area contributed by atoms with Gasteiger partial charge in [-0.05, 0) is 0 Å². The van der Waals surface area contributed by atoms with Crippen LogP contribution in [0.1, 0.15) is 6.42 Å². The molecule has 6 heteroatoms. The molecule has 0 aromatic carbocycles. The number of ether oxygens (including phenoxy) is 1. The lowest BCUT2D eigenvalue weighted by Gasteiger charge is -2.10. The summed E-state index contributed by atoms with van der Waals surface area (Å²) in [5.41, 5.74) is 0. The minimum atomic E-state index is -1.93. The summed E-state index contributed by atoms with van der Waals surface area (Å²) in [6.07, 6.45) is 1.75. The fraction of sp³-hybridized carbons (Fsp3) is 0.625. The van der Waals surface area contributed by atoms with E-state index in [0.29, 0.717) is 19.6 Å². The lowest BCUT2D eigenvalue weighted by atomic mass is 10.5. The summed E-state index contributed by atoms with van der Waals surface area (Å²) < 4.78 is 19.8. The summed E-state index contributed by atoms with van der Waals surface area (Å²) in [6, 6.07) is 0. The van der Waals surface area contributed by atoms with Crippen molar-refractivity contribution in [3.63, 3.8) is 0 Å². The van der Waals surface area contributed by atoms with Crippen molar-refractivity contribution in [3.8, 4) is 0 Å². The predicted octanol–water partition coefficient (Wildman–Crippen LogP) is 0.132. The van der Waals surface area contributed by atoms with E-state index in [1.807, 2.05) is 0 Å². The molecule has 0 saturated heterocycles. The van der Waals surface area contributed by atoms with Crippen LogP contribution in [0.4, 0.5) is 0 Å². The molecule has 0 spiro atoms. The molecule has 0 aliphatic carbocycles. The summed E-state index contributed by atoms with van der Waals surface area (Å²) in [5, 5.41) is 0. The molecule has 0 bridgehead atoms. The number of hydrogen-bond donors (Lipinski definition) is 0. The van der Waals surface area contributed by atoms with Gasteiger partial charge >= 0.3 is 15.5 Å². The molecule has 0 aromatic rings. The second-order valence-electron chi connectivity index (χ2n) is 2.36. The van der Waals surface area contributed by atoms with Gasteiger partial charge in [0.05, 0.1) is 6.61 Å². The maximum absolute atomic E-state index is 10.6. The number of esters is 1. The van der Waals surface area contributed by atoms with Gasteiger partial charge < -0.3 is 18.0 Å². The normalized spacial score (nSPS) is 10.2. The molecule has 0 rings (SSSR count). The molecule has 0 aromatic heterocycles. The third kappa shape index (κ3) is 6.78. The molecule has 0 N–H and O–H groups in total. The van der Waals surface area contributed by atoms with E-state index in [4.69, 9.17) is 18.0 Å². The zero-order valence-corrected chi connectivity index (χ0v) is 9.68. The van der Waals surface area contributed by atoms with Crippen LogP contribution in [-0.2, 0) is 22.8 Å². The van der Waals surface area contributed by atoms with Crippen LogP contribution in [0.3, 0.4) is 0 Å². The van der Waals surface area contributed by atoms with Crippen LogP contribution in [0, 0.1) is 0 Å². The summed E-state index contributed by atoms with van der Waals surface area (Å²) in [6.45, 7) is 4.06. The lowest BCUT2D eigenvalue weighted by Crippen LogP contribution is -2.24. The maximum Gasteiger partial charge on any atom is 0.483 e. The molecule has 0 unspecified atom stereocenters. The number of carbonyl (C=O) groups is 1.